The molecule has 0 atom stereocenters. The zero-order chi connectivity index (χ0) is 11.1. The Balaban J connectivity index is 2.73. The van der Waals surface area contributed by atoms with Gasteiger partial charge in [-0.2, -0.15) is 0 Å². The fourth-order valence-corrected chi connectivity index (χ4v) is 1.09. The summed E-state index contributed by atoms with van der Waals surface area (Å²) in [5, 5.41) is 2.93. The van der Waals surface area contributed by atoms with Gasteiger partial charge in [0.25, 0.3) is 0 Å². The normalized spacial score (nSPS) is 9.20. The number of hydrogen-bond acceptors (Lipinski definition) is 3. The second kappa shape index (κ2) is 5.97. The van der Waals surface area contributed by atoms with Crippen molar-refractivity contribution in [3.63, 3.8) is 0 Å². The van der Waals surface area contributed by atoms with E-state index in [1.165, 1.54) is 0 Å². The molecule has 0 unspecified atom stereocenters. The summed E-state index contributed by atoms with van der Waals surface area (Å²) in [5.41, 5.74) is 6.79. The number of benzene rings is 1. The highest BCUT2D eigenvalue weighted by atomic mass is 16.1. The van der Waals surface area contributed by atoms with E-state index >= 15 is 0 Å². The maximum Gasteiger partial charge on any atom is 0.176 e. The van der Waals surface area contributed by atoms with E-state index in [1.54, 1.807) is 12.1 Å². The van der Waals surface area contributed by atoms with Crippen molar-refractivity contribution in [3.8, 4) is 11.8 Å². The predicted molar refractivity (Wildman–Crippen MR) is 60.6 cm³/mol. The largest absolute Gasteiger partial charge is 0.324 e. The quantitative estimate of drug-likeness (QED) is 0.551. The van der Waals surface area contributed by atoms with Gasteiger partial charge in [0.2, 0.25) is 0 Å². The molecule has 3 nitrogen and oxygen atoms in total. The van der Waals surface area contributed by atoms with Crippen molar-refractivity contribution in [2.75, 3.05) is 20.1 Å². The minimum Gasteiger partial charge on any atom is -0.324 e. The third-order valence-electron chi connectivity index (χ3n) is 1.89. The molecule has 0 aliphatic carbocycles. The van der Waals surface area contributed by atoms with Crippen LogP contribution in [-0.4, -0.2) is 25.9 Å². The van der Waals surface area contributed by atoms with Crippen LogP contribution in [0.2, 0.25) is 0 Å². The Hall–Kier alpha value is -1.63. The summed E-state index contributed by atoms with van der Waals surface area (Å²) in [6.45, 7) is 0.703. The lowest BCUT2D eigenvalue weighted by atomic mass is 10.1. The third-order valence-corrected chi connectivity index (χ3v) is 1.89. The van der Waals surface area contributed by atoms with Crippen molar-refractivity contribution < 1.29 is 4.79 Å². The van der Waals surface area contributed by atoms with Crippen molar-refractivity contribution in [2.45, 2.75) is 0 Å². The van der Waals surface area contributed by atoms with Gasteiger partial charge in [-0.1, -0.05) is 24.0 Å². The smallest absolute Gasteiger partial charge is 0.176 e. The molecule has 0 fully saturated rings. The molecule has 0 aromatic heterocycles. The Morgan fingerprint density at radius 2 is 2.07 bits per heavy atom. The third kappa shape index (κ3) is 3.55. The molecule has 3 heteroatoms. The molecule has 0 bridgehead atoms. The van der Waals surface area contributed by atoms with Crippen LogP contribution >= 0.6 is 0 Å². The van der Waals surface area contributed by atoms with Crippen LogP contribution in [0, 0.1) is 11.8 Å². The number of ketones is 1. The Bertz CT molecular complexity index is 384. The van der Waals surface area contributed by atoms with Crippen LogP contribution in [0.5, 0.6) is 0 Å². The minimum atomic E-state index is -0.0512. The summed E-state index contributed by atoms with van der Waals surface area (Å²) in [6, 6.07) is 7.15. The van der Waals surface area contributed by atoms with Crippen molar-refractivity contribution in [1.29, 1.82) is 0 Å². The summed E-state index contributed by atoms with van der Waals surface area (Å²) in [7, 11) is 1.84. The lowest BCUT2D eigenvalue weighted by Gasteiger charge is -1.97. The lowest BCUT2D eigenvalue weighted by molar-refractivity contribution is 0.100. The van der Waals surface area contributed by atoms with Crippen molar-refractivity contribution in [1.82, 2.24) is 5.32 Å². The molecule has 1 aromatic rings. The van der Waals surface area contributed by atoms with E-state index in [2.05, 4.69) is 17.2 Å². The van der Waals surface area contributed by atoms with Gasteiger partial charge < -0.3 is 11.1 Å². The molecule has 0 heterocycles. The number of carbonyl (C=O) groups is 1. The SMILES string of the molecule is CNCC#Cc1ccc(C(=O)CN)cc1. The number of Topliss-reactive ketones (excluding diaryl/α,β-unsaturated/α-hetero) is 1. The molecular formula is C12H14N2O. The van der Waals surface area contributed by atoms with E-state index in [4.69, 9.17) is 5.73 Å². The fourth-order valence-electron chi connectivity index (χ4n) is 1.09. The Kier molecular flexibility index (Phi) is 4.55. The van der Waals surface area contributed by atoms with Gasteiger partial charge >= 0.3 is 0 Å². The van der Waals surface area contributed by atoms with Crippen molar-refractivity contribution in [2.24, 2.45) is 5.73 Å². The number of carbonyl (C=O) groups excluding carboxylic acids is 1. The summed E-state index contributed by atoms with van der Waals surface area (Å²) < 4.78 is 0. The van der Waals surface area contributed by atoms with E-state index in [9.17, 15) is 4.79 Å². The van der Waals surface area contributed by atoms with Gasteiger partial charge in [0.1, 0.15) is 0 Å². The van der Waals surface area contributed by atoms with E-state index in [0.29, 0.717) is 12.1 Å². The van der Waals surface area contributed by atoms with Gasteiger partial charge in [-0.25, -0.2) is 0 Å². The molecule has 0 saturated heterocycles. The van der Waals surface area contributed by atoms with E-state index in [0.717, 1.165) is 5.56 Å². The highest BCUT2D eigenvalue weighted by molar-refractivity contribution is 5.97. The number of nitrogens with one attached hydrogen (secondary N) is 1. The van der Waals surface area contributed by atoms with Crippen LogP contribution in [0.1, 0.15) is 15.9 Å². The van der Waals surface area contributed by atoms with Crippen LogP contribution in [0.25, 0.3) is 0 Å². The number of hydrogen-bond donors (Lipinski definition) is 2. The molecule has 78 valence electrons. The molecule has 1 aromatic carbocycles. The Morgan fingerprint density at radius 3 is 2.60 bits per heavy atom. The summed E-state index contributed by atoms with van der Waals surface area (Å²) in [4.78, 5) is 11.2. The highest BCUT2D eigenvalue weighted by Gasteiger charge is 2.01. The van der Waals surface area contributed by atoms with Gasteiger partial charge in [-0.05, 0) is 19.2 Å². The van der Waals surface area contributed by atoms with Gasteiger partial charge in [0, 0.05) is 11.1 Å². The first-order chi connectivity index (χ1) is 7.27. The maximum atomic E-state index is 11.2. The molecular weight excluding hydrogens is 188 g/mol. The number of nitrogens with two attached hydrogens (primary N) is 1. The maximum absolute atomic E-state index is 11.2. The predicted octanol–water partition coefficient (Wildman–Crippen LogP) is 0.399. The Morgan fingerprint density at radius 1 is 1.40 bits per heavy atom. The van der Waals surface area contributed by atoms with Crippen LogP contribution in [0.15, 0.2) is 24.3 Å². The van der Waals surface area contributed by atoms with Crippen molar-refractivity contribution in [3.05, 3.63) is 35.4 Å². The minimum absolute atomic E-state index is 0.0464. The first-order valence-electron chi connectivity index (χ1n) is 4.74. The van der Waals surface area contributed by atoms with E-state index < -0.39 is 0 Å². The van der Waals surface area contributed by atoms with Crippen LogP contribution in [0.3, 0.4) is 0 Å². The Labute approximate surface area is 89.7 Å². The summed E-state index contributed by atoms with van der Waals surface area (Å²) in [5.74, 6) is 5.87. The zero-order valence-corrected chi connectivity index (χ0v) is 8.71. The average Bonchev–Trinajstić information content (AvgIpc) is 2.29. The second-order valence-corrected chi connectivity index (χ2v) is 3.04. The molecule has 0 aliphatic rings. The first kappa shape index (κ1) is 11.4. The fraction of sp³-hybridized carbons (Fsp3) is 0.250. The molecule has 0 radical (unpaired) electrons. The lowest BCUT2D eigenvalue weighted by Crippen LogP contribution is -2.13. The van der Waals surface area contributed by atoms with Gasteiger partial charge in [0.15, 0.2) is 5.78 Å². The van der Waals surface area contributed by atoms with Crippen LogP contribution in [-0.2, 0) is 0 Å². The van der Waals surface area contributed by atoms with E-state index in [1.807, 2.05) is 19.2 Å². The summed E-state index contributed by atoms with van der Waals surface area (Å²) >= 11 is 0. The first-order valence-corrected chi connectivity index (χ1v) is 4.74. The van der Waals surface area contributed by atoms with Crippen LogP contribution < -0.4 is 11.1 Å². The van der Waals surface area contributed by atoms with E-state index in [-0.39, 0.29) is 12.3 Å². The average molecular weight is 202 g/mol. The van der Waals surface area contributed by atoms with Crippen molar-refractivity contribution >= 4 is 5.78 Å². The summed E-state index contributed by atoms with van der Waals surface area (Å²) in [6.07, 6.45) is 0. The molecule has 0 amide bonds. The zero-order valence-electron chi connectivity index (χ0n) is 8.71. The molecule has 0 saturated carbocycles. The standard InChI is InChI=1S/C12H14N2O/c1-14-8-2-3-10-4-6-11(7-5-10)12(15)9-13/h4-7,14H,8-9,13H2,1H3. The molecule has 15 heavy (non-hydrogen) atoms. The number of rotatable bonds is 3. The van der Waals surface area contributed by atoms with Crippen LogP contribution in [0.4, 0.5) is 0 Å². The highest BCUT2D eigenvalue weighted by Crippen LogP contribution is 2.03. The van der Waals surface area contributed by atoms with Gasteiger partial charge in [-0.15, -0.1) is 0 Å². The van der Waals surface area contributed by atoms with Gasteiger partial charge in [0.05, 0.1) is 13.1 Å². The molecule has 0 aliphatic heterocycles. The topological polar surface area (TPSA) is 55.1 Å². The monoisotopic (exact) mass is 202 g/mol. The molecule has 0 spiro atoms. The second-order valence-electron chi connectivity index (χ2n) is 3.04. The molecule has 3 N–H and O–H groups in total. The van der Waals surface area contributed by atoms with Gasteiger partial charge in [-0.3, -0.25) is 4.79 Å². The molecule has 1 rings (SSSR count).